The highest BCUT2D eigenvalue weighted by atomic mass is 32.1. The molecule has 6 heteroatoms. The Morgan fingerprint density at radius 3 is 3.12 bits per heavy atom. The number of hydrogen-bond acceptors (Lipinski definition) is 5. The van der Waals surface area contributed by atoms with Crippen molar-refractivity contribution in [1.29, 1.82) is 0 Å². The van der Waals surface area contributed by atoms with Crippen LogP contribution in [0.1, 0.15) is 4.88 Å². The first kappa shape index (κ1) is 11.1. The summed E-state index contributed by atoms with van der Waals surface area (Å²) < 4.78 is 6.94. The van der Waals surface area contributed by atoms with E-state index in [0.717, 1.165) is 24.7 Å². The monoisotopic (exact) mass is 238 g/mol. The van der Waals surface area contributed by atoms with Crippen LogP contribution in [0.4, 0.5) is 0 Å². The minimum Gasteiger partial charge on any atom is -0.487 e. The number of aromatic nitrogens is 3. The molecule has 0 aromatic carbocycles. The van der Waals surface area contributed by atoms with E-state index in [0.29, 0.717) is 0 Å². The van der Waals surface area contributed by atoms with Gasteiger partial charge in [0.05, 0.1) is 13.7 Å². The van der Waals surface area contributed by atoms with Crippen molar-refractivity contribution in [3.63, 3.8) is 0 Å². The summed E-state index contributed by atoms with van der Waals surface area (Å²) in [6, 6.07) is 4.06. The van der Waals surface area contributed by atoms with Gasteiger partial charge in [0.2, 0.25) is 0 Å². The molecule has 2 rings (SSSR count). The van der Waals surface area contributed by atoms with Gasteiger partial charge in [0.25, 0.3) is 0 Å². The highest BCUT2D eigenvalue weighted by Gasteiger charge is 1.99. The molecule has 0 saturated heterocycles. The maximum absolute atomic E-state index is 5.13. The Bertz CT molecular complexity index is 412. The number of thiophene rings is 1. The highest BCUT2D eigenvalue weighted by molar-refractivity contribution is 7.13. The van der Waals surface area contributed by atoms with Crippen molar-refractivity contribution >= 4 is 11.3 Å². The van der Waals surface area contributed by atoms with Crippen LogP contribution in [0.25, 0.3) is 0 Å². The van der Waals surface area contributed by atoms with Crippen LogP contribution in [-0.4, -0.2) is 28.4 Å². The summed E-state index contributed by atoms with van der Waals surface area (Å²) in [6.07, 6.45) is 3.26. The Morgan fingerprint density at radius 1 is 1.50 bits per heavy atom. The van der Waals surface area contributed by atoms with Crippen molar-refractivity contribution in [2.45, 2.75) is 13.1 Å². The second-order valence-corrected chi connectivity index (χ2v) is 4.39. The van der Waals surface area contributed by atoms with Crippen molar-refractivity contribution in [3.8, 4) is 5.06 Å². The zero-order valence-electron chi connectivity index (χ0n) is 9.09. The minimum atomic E-state index is 0.836. The average molecular weight is 238 g/mol. The van der Waals surface area contributed by atoms with Gasteiger partial charge < -0.3 is 10.1 Å². The zero-order chi connectivity index (χ0) is 11.2. The number of ether oxygens (including phenoxy) is 1. The first-order valence-electron chi connectivity index (χ1n) is 5.04. The standard InChI is InChI=1S/C10H14N4OS/c1-15-10-3-2-9(16-10)6-11-4-5-14-8-12-7-13-14/h2-3,7-8,11H,4-6H2,1H3. The first-order chi connectivity index (χ1) is 7.88. The van der Waals surface area contributed by atoms with Crippen molar-refractivity contribution in [2.24, 2.45) is 0 Å². The van der Waals surface area contributed by atoms with Gasteiger partial charge >= 0.3 is 0 Å². The molecule has 2 heterocycles. The molecule has 0 aliphatic rings. The second kappa shape index (κ2) is 5.62. The summed E-state index contributed by atoms with van der Waals surface area (Å²) in [5.41, 5.74) is 0. The molecule has 0 aliphatic carbocycles. The van der Waals surface area contributed by atoms with Gasteiger partial charge in [0.15, 0.2) is 5.06 Å². The van der Waals surface area contributed by atoms with Crippen molar-refractivity contribution < 1.29 is 4.74 Å². The van der Waals surface area contributed by atoms with E-state index in [1.807, 2.05) is 10.7 Å². The van der Waals surface area contributed by atoms with Gasteiger partial charge in [0, 0.05) is 18.0 Å². The second-order valence-electron chi connectivity index (χ2n) is 3.26. The molecular weight excluding hydrogens is 224 g/mol. The van der Waals surface area contributed by atoms with E-state index in [-0.39, 0.29) is 0 Å². The molecule has 5 nitrogen and oxygen atoms in total. The van der Waals surface area contributed by atoms with Crippen LogP contribution < -0.4 is 10.1 Å². The predicted octanol–water partition coefficient (Wildman–Crippen LogP) is 1.14. The third-order valence-electron chi connectivity index (χ3n) is 2.12. The lowest BCUT2D eigenvalue weighted by Crippen LogP contribution is -2.19. The van der Waals surface area contributed by atoms with E-state index in [1.54, 1.807) is 31.1 Å². The summed E-state index contributed by atoms with van der Waals surface area (Å²) in [5, 5.41) is 8.32. The lowest BCUT2D eigenvalue weighted by Gasteiger charge is -2.02. The molecule has 1 N–H and O–H groups in total. The Morgan fingerprint density at radius 2 is 2.44 bits per heavy atom. The third kappa shape index (κ3) is 3.04. The number of nitrogens with one attached hydrogen (secondary N) is 1. The maximum Gasteiger partial charge on any atom is 0.173 e. The molecule has 2 aromatic rings. The molecule has 0 bridgehead atoms. The third-order valence-corrected chi connectivity index (χ3v) is 3.17. The first-order valence-corrected chi connectivity index (χ1v) is 5.86. The molecule has 0 aliphatic heterocycles. The number of hydrogen-bond donors (Lipinski definition) is 1. The molecule has 0 unspecified atom stereocenters. The maximum atomic E-state index is 5.13. The molecule has 0 radical (unpaired) electrons. The number of nitrogens with zero attached hydrogens (tertiary/aromatic N) is 3. The van der Waals surface area contributed by atoms with Crippen LogP contribution in [0, 0.1) is 0 Å². The van der Waals surface area contributed by atoms with Gasteiger partial charge in [0.1, 0.15) is 12.7 Å². The van der Waals surface area contributed by atoms with Crippen molar-refractivity contribution in [2.75, 3.05) is 13.7 Å². The lowest BCUT2D eigenvalue weighted by molar-refractivity contribution is 0.427. The Balaban J connectivity index is 1.68. The lowest BCUT2D eigenvalue weighted by atomic mass is 10.4. The summed E-state index contributed by atoms with van der Waals surface area (Å²) in [6.45, 7) is 2.58. The molecule has 0 spiro atoms. The minimum absolute atomic E-state index is 0.836. The Hall–Kier alpha value is -1.40. The smallest absolute Gasteiger partial charge is 0.173 e. The van der Waals surface area contributed by atoms with Gasteiger partial charge in [-0.3, -0.25) is 4.68 Å². The zero-order valence-corrected chi connectivity index (χ0v) is 9.91. The van der Waals surface area contributed by atoms with Crippen molar-refractivity contribution in [3.05, 3.63) is 29.7 Å². The van der Waals surface area contributed by atoms with Crippen LogP contribution in [-0.2, 0) is 13.1 Å². The SMILES string of the molecule is COc1ccc(CNCCn2cncn2)s1. The fraction of sp³-hybridized carbons (Fsp3) is 0.400. The fourth-order valence-corrected chi connectivity index (χ4v) is 2.10. The Labute approximate surface area is 98.1 Å². The molecule has 0 atom stereocenters. The van der Waals surface area contributed by atoms with Gasteiger partial charge in [-0.15, -0.1) is 11.3 Å². The molecule has 0 saturated carbocycles. The number of rotatable bonds is 6. The number of methoxy groups -OCH3 is 1. The van der Waals surface area contributed by atoms with Gasteiger partial charge in [-0.05, 0) is 12.1 Å². The Kier molecular flexibility index (Phi) is 3.90. The van der Waals surface area contributed by atoms with Gasteiger partial charge in [-0.1, -0.05) is 0 Å². The van der Waals surface area contributed by atoms with Gasteiger partial charge in [-0.2, -0.15) is 5.10 Å². The normalized spacial score (nSPS) is 10.6. The summed E-state index contributed by atoms with van der Waals surface area (Å²) in [4.78, 5) is 5.16. The van der Waals surface area contributed by atoms with Gasteiger partial charge in [-0.25, -0.2) is 4.98 Å². The van der Waals surface area contributed by atoms with E-state index in [2.05, 4.69) is 21.5 Å². The van der Waals surface area contributed by atoms with Crippen LogP contribution in [0.2, 0.25) is 0 Å². The van der Waals surface area contributed by atoms with Crippen LogP contribution in [0.15, 0.2) is 24.8 Å². The molecule has 2 aromatic heterocycles. The van der Waals surface area contributed by atoms with Crippen LogP contribution in [0.5, 0.6) is 5.06 Å². The fourth-order valence-electron chi connectivity index (χ4n) is 1.32. The molecule has 0 amide bonds. The topological polar surface area (TPSA) is 52.0 Å². The predicted molar refractivity (Wildman–Crippen MR) is 62.6 cm³/mol. The molecule has 86 valence electrons. The molecular formula is C10H14N4OS. The van der Waals surface area contributed by atoms with Crippen LogP contribution in [0.3, 0.4) is 0 Å². The quantitative estimate of drug-likeness (QED) is 0.767. The average Bonchev–Trinajstić information content (AvgIpc) is 2.95. The summed E-state index contributed by atoms with van der Waals surface area (Å²) in [5.74, 6) is 0. The van der Waals surface area contributed by atoms with E-state index >= 15 is 0 Å². The van der Waals surface area contributed by atoms with E-state index < -0.39 is 0 Å². The van der Waals surface area contributed by atoms with E-state index in [9.17, 15) is 0 Å². The molecule has 0 fully saturated rings. The summed E-state index contributed by atoms with van der Waals surface area (Å²) >= 11 is 1.66. The van der Waals surface area contributed by atoms with Crippen LogP contribution >= 0.6 is 11.3 Å². The molecule has 16 heavy (non-hydrogen) atoms. The largest absolute Gasteiger partial charge is 0.487 e. The van der Waals surface area contributed by atoms with Crippen molar-refractivity contribution in [1.82, 2.24) is 20.1 Å². The van der Waals surface area contributed by atoms with E-state index in [4.69, 9.17) is 4.74 Å². The summed E-state index contributed by atoms with van der Waals surface area (Å²) in [7, 11) is 1.69. The highest BCUT2D eigenvalue weighted by Crippen LogP contribution is 2.23. The van der Waals surface area contributed by atoms with E-state index in [1.165, 1.54) is 4.88 Å².